The third-order valence-corrected chi connectivity index (χ3v) is 4.62. The van der Waals surface area contributed by atoms with E-state index in [0.29, 0.717) is 46.6 Å². The van der Waals surface area contributed by atoms with Gasteiger partial charge in [-0.1, -0.05) is 22.8 Å². The van der Waals surface area contributed by atoms with E-state index in [1.165, 1.54) is 4.90 Å². The van der Waals surface area contributed by atoms with Crippen molar-refractivity contribution in [3.8, 4) is 17.2 Å². The van der Waals surface area contributed by atoms with Crippen LogP contribution in [-0.2, 0) is 17.9 Å². The maximum atomic E-state index is 12.7. The van der Waals surface area contributed by atoms with E-state index in [2.05, 4.69) is 15.1 Å². The first-order valence-electron chi connectivity index (χ1n) is 8.08. The number of nitrogens with zero attached hydrogens (tertiary/aromatic N) is 6. The van der Waals surface area contributed by atoms with Gasteiger partial charge in [0.25, 0.3) is 5.91 Å². The van der Waals surface area contributed by atoms with Crippen LogP contribution in [0.5, 0.6) is 0 Å². The molecule has 0 aliphatic carbocycles. The Morgan fingerprint density at radius 3 is 3.00 bits per heavy atom. The molecule has 0 atom stereocenters. The summed E-state index contributed by atoms with van der Waals surface area (Å²) in [6.07, 6.45) is 2.29. The van der Waals surface area contributed by atoms with Crippen LogP contribution in [0.2, 0.25) is 5.02 Å². The van der Waals surface area contributed by atoms with E-state index in [4.69, 9.17) is 16.1 Å². The van der Waals surface area contributed by atoms with Gasteiger partial charge in [-0.15, -0.1) is 0 Å². The van der Waals surface area contributed by atoms with E-state index in [1.54, 1.807) is 37.5 Å². The van der Waals surface area contributed by atoms with Crippen LogP contribution in [0.3, 0.4) is 0 Å². The lowest BCUT2D eigenvalue weighted by atomic mass is 10.1. The molecule has 4 rings (SSSR count). The number of imidazole rings is 1. The first kappa shape index (κ1) is 17.2. The number of benzene rings is 1. The zero-order valence-electron chi connectivity index (χ0n) is 14.6. The number of rotatable bonds is 4. The Labute approximate surface area is 159 Å². The number of carbonyl (C=O) groups is 2. The third-order valence-electron chi connectivity index (χ3n) is 4.31. The van der Waals surface area contributed by atoms with E-state index in [1.807, 2.05) is 10.6 Å². The first-order chi connectivity index (χ1) is 13.0. The molecular formula is C17H15ClN6O3. The lowest BCUT2D eigenvalue weighted by Crippen LogP contribution is -2.25. The molecule has 1 aliphatic rings. The Kier molecular flexibility index (Phi) is 4.15. The van der Waals surface area contributed by atoms with Crippen molar-refractivity contribution >= 4 is 23.9 Å². The Hall–Kier alpha value is -3.20. The molecule has 1 aliphatic heterocycles. The minimum atomic E-state index is -0.174. The molecule has 0 saturated carbocycles. The Morgan fingerprint density at radius 2 is 2.22 bits per heavy atom. The zero-order chi connectivity index (χ0) is 19.1. The van der Waals surface area contributed by atoms with Crippen LogP contribution in [-0.4, -0.2) is 55.9 Å². The summed E-state index contributed by atoms with van der Waals surface area (Å²) < 4.78 is 7.02. The van der Waals surface area contributed by atoms with Crippen LogP contribution >= 0.6 is 11.6 Å². The van der Waals surface area contributed by atoms with Gasteiger partial charge in [0, 0.05) is 14.1 Å². The minimum Gasteiger partial charge on any atom is -0.339 e. The first-order valence-corrected chi connectivity index (χ1v) is 8.46. The van der Waals surface area contributed by atoms with E-state index in [0.717, 1.165) is 5.69 Å². The highest BCUT2D eigenvalue weighted by Gasteiger charge is 2.29. The van der Waals surface area contributed by atoms with Crippen LogP contribution in [0, 0.1) is 0 Å². The summed E-state index contributed by atoms with van der Waals surface area (Å²) in [5.74, 6) is 0.416. The molecule has 10 heteroatoms. The smallest absolute Gasteiger partial charge is 0.257 e. The van der Waals surface area contributed by atoms with Crippen LogP contribution in [0.25, 0.3) is 17.2 Å². The van der Waals surface area contributed by atoms with Crippen LogP contribution in [0.4, 0.5) is 0 Å². The zero-order valence-corrected chi connectivity index (χ0v) is 15.3. The molecule has 3 aromatic rings. The molecule has 0 unspecified atom stereocenters. The summed E-state index contributed by atoms with van der Waals surface area (Å²) in [7, 11) is 3.31. The van der Waals surface area contributed by atoms with Gasteiger partial charge < -0.3 is 14.3 Å². The number of aromatic nitrogens is 4. The van der Waals surface area contributed by atoms with Crippen LogP contribution in [0.1, 0.15) is 21.9 Å². The molecule has 0 spiro atoms. The van der Waals surface area contributed by atoms with Crippen molar-refractivity contribution < 1.29 is 14.1 Å². The van der Waals surface area contributed by atoms with E-state index in [9.17, 15) is 9.59 Å². The van der Waals surface area contributed by atoms with Gasteiger partial charge in [-0.05, 0) is 12.1 Å². The van der Waals surface area contributed by atoms with Crippen molar-refractivity contribution in [2.45, 2.75) is 13.1 Å². The standard InChI is InChI=1S/C17H15ClN6O3/c1-22(9-25)7-13-20-16(21-27-13)15-12-6-23(2)17(26)14-10(18)4-3-5-11(14)24(12)8-19-15/h3-5,8-9H,6-7H2,1-2H3. The predicted molar refractivity (Wildman–Crippen MR) is 95.2 cm³/mol. The highest BCUT2D eigenvalue weighted by Crippen LogP contribution is 2.32. The topological polar surface area (TPSA) is 97.4 Å². The molecule has 0 N–H and O–H groups in total. The average Bonchev–Trinajstić information content (AvgIpc) is 3.25. The highest BCUT2D eigenvalue weighted by atomic mass is 35.5. The quantitative estimate of drug-likeness (QED) is 0.633. The van der Waals surface area contributed by atoms with Gasteiger partial charge in [-0.2, -0.15) is 4.98 Å². The van der Waals surface area contributed by atoms with E-state index in [-0.39, 0.29) is 12.5 Å². The Bertz CT molecular complexity index is 1040. The van der Waals surface area contributed by atoms with Gasteiger partial charge in [0.2, 0.25) is 18.1 Å². The summed E-state index contributed by atoms with van der Waals surface area (Å²) in [5, 5.41) is 4.35. The molecule has 2 aromatic heterocycles. The fourth-order valence-corrected chi connectivity index (χ4v) is 3.25. The fraction of sp³-hybridized carbons (Fsp3) is 0.235. The number of amides is 2. The second-order valence-electron chi connectivity index (χ2n) is 6.24. The largest absolute Gasteiger partial charge is 0.339 e. The molecule has 1 aromatic carbocycles. The summed E-state index contributed by atoms with van der Waals surface area (Å²) in [6, 6.07) is 5.28. The minimum absolute atomic E-state index is 0.174. The molecule has 0 radical (unpaired) electrons. The van der Waals surface area contributed by atoms with Gasteiger partial charge in [0.05, 0.1) is 35.1 Å². The molecule has 0 fully saturated rings. The van der Waals surface area contributed by atoms with Crippen molar-refractivity contribution in [3.05, 3.63) is 46.7 Å². The van der Waals surface area contributed by atoms with Gasteiger partial charge in [0.1, 0.15) is 12.0 Å². The second kappa shape index (κ2) is 6.51. The van der Waals surface area contributed by atoms with Crippen molar-refractivity contribution in [2.75, 3.05) is 14.1 Å². The molecule has 3 heterocycles. The predicted octanol–water partition coefficient (Wildman–Crippen LogP) is 1.75. The molecule has 0 saturated heterocycles. The van der Waals surface area contributed by atoms with Crippen molar-refractivity contribution in [1.82, 2.24) is 29.5 Å². The molecular weight excluding hydrogens is 372 g/mol. The van der Waals surface area contributed by atoms with Crippen LogP contribution < -0.4 is 0 Å². The number of fused-ring (bicyclic) bond motifs is 3. The molecule has 138 valence electrons. The van der Waals surface area contributed by atoms with Crippen molar-refractivity contribution in [3.63, 3.8) is 0 Å². The number of hydrogen-bond acceptors (Lipinski definition) is 6. The third kappa shape index (κ3) is 2.85. The Morgan fingerprint density at radius 1 is 1.41 bits per heavy atom. The van der Waals surface area contributed by atoms with Gasteiger partial charge in [-0.25, -0.2) is 4.98 Å². The lowest BCUT2D eigenvalue weighted by Gasteiger charge is -2.14. The Balaban J connectivity index is 1.81. The normalized spacial score (nSPS) is 13.1. The molecule has 27 heavy (non-hydrogen) atoms. The molecule has 2 amide bonds. The summed E-state index contributed by atoms with van der Waals surface area (Å²) in [6.45, 7) is 0.501. The monoisotopic (exact) mass is 386 g/mol. The average molecular weight is 387 g/mol. The number of carbonyl (C=O) groups excluding carboxylic acids is 2. The van der Waals surface area contributed by atoms with Gasteiger partial charge in [-0.3, -0.25) is 14.2 Å². The lowest BCUT2D eigenvalue weighted by molar-refractivity contribution is -0.117. The number of halogens is 1. The second-order valence-corrected chi connectivity index (χ2v) is 6.64. The van der Waals surface area contributed by atoms with E-state index >= 15 is 0 Å². The van der Waals surface area contributed by atoms with Crippen LogP contribution in [0.15, 0.2) is 29.0 Å². The fourth-order valence-electron chi connectivity index (χ4n) is 3.00. The molecule has 9 nitrogen and oxygen atoms in total. The summed E-state index contributed by atoms with van der Waals surface area (Å²) in [4.78, 5) is 35.2. The highest BCUT2D eigenvalue weighted by molar-refractivity contribution is 6.34. The summed E-state index contributed by atoms with van der Waals surface area (Å²) >= 11 is 6.28. The van der Waals surface area contributed by atoms with E-state index < -0.39 is 0 Å². The van der Waals surface area contributed by atoms with Crippen molar-refractivity contribution in [2.24, 2.45) is 0 Å². The SMILES string of the molecule is CN(C=O)Cc1nc(-c2ncn3c2CN(C)C(=O)c2c(Cl)cccc2-3)no1. The van der Waals surface area contributed by atoms with Gasteiger partial charge in [0.15, 0.2) is 0 Å². The number of hydrogen-bond donors (Lipinski definition) is 0. The maximum Gasteiger partial charge on any atom is 0.257 e. The van der Waals surface area contributed by atoms with Crippen molar-refractivity contribution in [1.29, 1.82) is 0 Å². The summed E-state index contributed by atoms with van der Waals surface area (Å²) in [5.41, 5.74) is 2.31. The maximum absolute atomic E-state index is 12.7. The van der Waals surface area contributed by atoms with Gasteiger partial charge >= 0.3 is 0 Å². The molecule has 0 bridgehead atoms.